The number of primary amides is 1. The number of piperidine rings is 1. The van der Waals surface area contributed by atoms with E-state index in [4.69, 9.17) is 5.73 Å². The van der Waals surface area contributed by atoms with Gasteiger partial charge in [-0.25, -0.2) is 0 Å². The average Bonchev–Trinajstić information content (AvgIpc) is 2.61. The molecular weight excluding hydrogens is 218 g/mol. The summed E-state index contributed by atoms with van der Waals surface area (Å²) < 4.78 is 0. The van der Waals surface area contributed by atoms with Crippen molar-refractivity contribution in [1.82, 2.24) is 9.80 Å². The van der Waals surface area contributed by atoms with Gasteiger partial charge in [-0.2, -0.15) is 0 Å². The Hall–Kier alpha value is -1.10. The number of hydrogen-bond acceptors (Lipinski definition) is 3. The summed E-state index contributed by atoms with van der Waals surface area (Å²) in [5.74, 6) is -0.333. The van der Waals surface area contributed by atoms with Crippen molar-refractivity contribution >= 4 is 11.8 Å². The van der Waals surface area contributed by atoms with E-state index in [-0.39, 0.29) is 11.4 Å². The first-order valence-electron chi connectivity index (χ1n) is 6.31. The molecular formula is C12H21N3O2. The lowest BCUT2D eigenvalue weighted by Crippen LogP contribution is -2.56. The maximum atomic E-state index is 12.5. The monoisotopic (exact) mass is 239 g/mol. The van der Waals surface area contributed by atoms with Gasteiger partial charge in [-0.15, -0.1) is 0 Å². The normalized spacial score (nSPS) is 32.1. The SMILES string of the molecule is CC(C(N)=O)N1CC[C@]2(CCCCN2C)C1=O. The first kappa shape index (κ1) is 12.4. The molecule has 0 aliphatic carbocycles. The van der Waals surface area contributed by atoms with Gasteiger partial charge in [-0.3, -0.25) is 14.5 Å². The summed E-state index contributed by atoms with van der Waals surface area (Å²) in [4.78, 5) is 27.5. The van der Waals surface area contributed by atoms with Gasteiger partial charge in [0.15, 0.2) is 0 Å². The van der Waals surface area contributed by atoms with E-state index in [9.17, 15) is 9.59 Å². The second-order valence-electron chi connectivity index (χ2n) is 5.24. The van der Waals surface area contributed by atoms with Crippen molar-refractivity contribution < 1.29 is 9.59 Å². The van der Waals surface area contributed by atoms with Gasteiger partial charge in [0.05, 0.1) is 0 Å². The molecule has 2 aliphatic rings. The molecule has 0 radical (unpaired) electrons. The van der Waals surface area contributed by atoms with Crippen LogP contribution in [0.1, 0.15) is 32.6 Å². The highest BCUT2D eigenvalue weighted by atomic mass is 16.2. The van der Waals surface area contributed by atoms with Gasteiger partial charge < -0.3 is 10.6 Å². The van der Waals surface area contributed by atoms with Crippen LogP contribution >= 0.6 is 0 Å². The zero-order valence-corrected chi connectivity index (χ0v) is 10.6. The fraction of sp³-hybridized carbons (Fsp3) is 0.833. The highest BCUT2D eigenvalue weighted by Crippen LogP contribution is 2.37. The van der Waals surface area contributed by atoms with Gasteiger partial charge in [0.25, 0.3) is 0 Å². The first-order chi connectivity index (χ1) is 7.99. The molecule has 2 N–H and O–H groups in total. The van der Waals surface area contributed by atoms with Gasteiger partial charge in [-0.05, 0) is 46.2 Å². The third-order valence-electron chi connectivity index (χ3n) is 4.37. The quantitative estimate of drug-likeness (QED) is 0.734. The minimum Gasteiger partial charge on any atom is -0.368 e. The largest absolute Gasteiger partial charge is 0.368 e. The van der Waals surface area contributed by atoms with E-state index in [1.165, 1.54) is 0 Å². The molecule has 2 rings (SSSR count). The molecule has 17 heavy (non-hydrogen) atoms. The Kier molecular flexibility index (Phi) is 3.12. The van der Waals surface area contributed by atoms with Crippen molar-refractivity contribution in [3.8, 4) is 0 Å². The zero-order valence-electron chi connectivity index (χ0n) is 10.6. The molecule has 5 nitrogen and oxygen atoms in total. The number of hydrogen-bond donors (Lipinski definition) is 1. The first-order valence-corrected chi connectivity index (χ1v) is 6.31. The summed E-state index contributed by atoms with van der Waals surface area (Å²) in [6, 6.07) is -0.489. The summed E-state index contributed by atoms with van der Waals surface area (Å²) in [6.07, 6.45) is 3.97. The van der Waals surface area contributed by atoms with Gasteiger partial charge >= 0.3 is 0 Å². The number of rotatable bonds is 2. The summed E-state index contributed by atoms with van der Waals surface area (Å²) >= 11 is 0. The Morgan fingerprint density at radius 2 is 2.06 bits per heavy atom. The molecule has 0 aromatic rings. The Bertz CT molecular complexity index is 345. The maximum Gasteiger partial charge on any atom is 0.243 e. The van der Waals surface area contributed by atoms with Crippen molar-refractivity contribution in [1.29, 1.82) is 0 Å². The highest BCUT2D eigenvalue weighted by Gasteiger charge is 2.51. The topological polar surface area (TPSA) is 66.6 Å². The summed E-state index contributed by atoms with van der Waals surface area (Å²) in [5, 5.41) is 0. The molecule has 2 aliphatic heterocycles. The van der Waals surface area contributed by atoms with Crippen molar-refractivity contribution in [3.05, 3.63) is 0 Å². The Morgan fingerprint density at radius 3 is 2.65 bits per heavy atom. The summed E-state index contributed by atoms with van der Waals surface area (Å²) in [7, 11) is 2.01. The maximum absolute atomic E-state index is 12.5. The number of nitrogens with two attached hydrogens (primary N) is 1. The van der Waals surface area contributed by atoms with Crippen molar-refractivity contribution in [2.75, 3.05) is 20.1 Å². The van der Waals surface area contributed by atoms with Crippen LogP contribution in [0, 0.1) is 0 Å². The van der Waals surface area contributed by atoms with Crippen LogP contribution in [0.2, 0.25) is 0 Å². The smallest absolute Gasteiger partial charge is 0.243 e. The van der Waals surface area contributed by atoms with Crippen LogP contribution in [0.15, 0.2) is 0 Å². The lowest BCUT2D eigenvalue weighted by Gasteiger charge is -2.41. The molecule has 2 saturated heterocycles. The third-order valence-corrected chi connectivity index (χ3v) is 4.37. The van der Waals surface area contributed by atoms with Crippen LogP contribution in [0.5, 0.6) is 0 Å². The molecule has 2 atom stereocenters. The second-order valence-corrected chi connectivity index (χ2v) is 5.24. The fourth-order valence-corrected chi connectivity index (χ4v) is 3.06. The van der Waals surface area contributed by atoms with E-state index in [2.05, 4.69) is 4.90 Å². The van der Waals surface area contributed by atoms with Crippen LogP contribution < -0.4 is 5.73 Å². The third kappa shape index (κ3) is 1.82. The number of carbonyl (C=O) groups excluding carboxylic acids is 2. The molecule has 0 saturated carbocycles. The van der Waals surface area contributed by atoms with E-state index in [1.807, 2.05) is 7.05 Å². The van der Waals surface area contributed by atoms with Crippen LogP contribution in [-0.2, 0) is 9.59 Å². The molecule has 2 heterocycles. The lowest BCUT2D eigenvalue weighted by molar-refractivity contribution is -0.144. The Labute approximate surface area is 102 Å². The molecule has 0 bridgehead atoms. The molecule has 0 aromatic heterocycles. The number of likely N-dealkylation sites (N-methyl/N-ethyl adjacent to an activating group) is 1. The Balaban J connectivity index is 2.19. The molecule has 2 fully saturated rings. The van der Waals surface area contributed by atoms with Crippen LogP contribution in [0.3, 0.4) is 0 Å². The van der Waals surface area contributed by atoms with Gasteiger partial charge in [-0.1, -0.05) is 0 Å². The molecule has 1 spiro atoms. The van der Waals surface area contributed by atoms with E-state index < -0.39 is 11.9 Å². The van der Waals surface area contributed by atoms with Gasteiger partial charge in [0.2, 0.25) is 11.8 Å². The number of amides is 2. The summed E-state index contributed by atoms with van der Waals surface area (Å²) in [5.41, 5.74) is 4.93. The minimum atomic E-state index is -0.489. The summed E-state index contributed by atoms with van der Waals surface area (Å²) in [6.45, 7) is 3.32. The Morgan fingerprint density at radius 1 is 1.35 bits per heavy atom. The van der Waals surface area contributed by atoms with Crippen LogP contribution in [0.4, 0.5) is 0 Å². The van der Waals surface area contributed by atoms with E-state index in [0.717, 1.165) is 32.2 Å². The van der Waals surface area contributed by atoms with E-state index in [1.54, 1.807) is 11.8 Å². The molecule has 5 heteroatoms. The molecule has 0 aromatic carbocycles. The molecule has 96 valence electrons. The fourth-order valence-electron chi connectivity index (χ4n) is 3.06. The van der Waals surface area contributed by atoms with Crippen molar-refractivity contribution in [2.24, 2.45) is 5.73 Å². The van der Waals surface area contributed by atoms with Gasteiger partial charge in [0.1, 0.15) is 11.6 Å². The zero-order chi connectivity index (χ0) is 12.6. The second kappa shape index (κ2) is 4.29. The molecule has 1 unspecified atom stereocenters. The predicted molar refractivity (Wildman–Crippen MR) is 64.2 cm³/mol. The minimum absolute atomic E-state index is 0.0889. The van der Waals surface area contributed by atoms with Crippen molar-refractivity contribution in [2.45, 2.75) is 44.2 Å². The van der Waals surface area contributed by atoms with Gasteiger partial charge in [0, 0.05) is 6.54 Å². The van der Waals surface area contributed by atoms with E-state index in [0.29, 0.717) is 6.54 Å². The molecule has 2 amide bonds. The van der Waals surface area contributed by atoms with Crippen LogP contribution in [-0.4, -0.2) is 53.3 Å². The average molecular weight is 239 g/mol. The highest BCUT2D eigenvalue weighted by molar-refractivity contribution is 5.93. The number of nitrogens with zero attached hydrogens (tertiary/aromatic N) is 2. The number of likely N-dealkylation sites (tertiary alicyclic amines) is 2. The van der Waals surface area contributed by atoms with Crippen molar-refractivity contribution in [3.63, 3.8) is 0 Å². The number of carbonyl (C=O) groups is 2. The predicted octanol–water partition coefficient (Wildman–Crippen LogP) is -0.0530. The standard InChI is InChI=1S/C12H21N3O2/c1-9(10(13)16)15-8-6-12(11(15)17)5-3-4-7-14(12)2/h9H,3-8H2,1-2H3,(H2,13,16)/t9?,12-/m1/s1. The lowest BCUT2D eigenvalue weighted by atomic mass is 9.85. The van der Waals surface area contributed by atoms with E-state index >= 15 is 0 Å². The van der Waals surface area contributed by atoms with Crippen LogP contribution in [0.25, 0.3) is 0 Å².